The van der Waals surface area contributed by atoms with Gasteiger partial charge in [-0.05, 0) is 24.3 Å². The van der Waals surface area contributed by atoms with Crippen molar-refractivity contribution in [1.29, 1.82) is 0 Å². The molecular weight excluding hydrogens is 322 g/mol. The highest BCUT2D eigenvalue weighted by Crippen LogP contribution is 2.22. The number of benzene rings is 2. The normalized spacial score (nSPS) is 10.1. The van der Waals surface area contributed by atoms with Gasteiger partial charge in [-0.2, -0.15) is 0 Å². The number of anilines is 1. The molecule has 0 aliphatic rings. The number of rotatable bonds is 4. The van der Waals surface area contributed by atoms with Gasteiger partial charge in [0.1, 0.15) is 12.4 Å². The van der Waals surface area contributed by atoms with Gasteiger partial charge in [0.15, 0.2) is 0 Å². The fraction of sp³-hybridized carbons (Fsp3) is 0.133. The van der Waals surface area contributed by atoms with Crippen molar-refractivity contribution in [3.8, 4) is 5.75 Å². The van der Waals surface area contributed by atoms with Gasteiger partial charge in [0, 0.05) is 15.7 Å². The minimum atomic E-state index is -0.475. The summed E-state index contributed by atoms with van der Waals surface area (Å²) in [6.45, 7) is 0.177. The van der Waals surface area contributed by atoms with Crippen molar-refractivity contribution < 1.29 is 14.3 Å². The zero-order chi connectivity index (χ0) is 14.5. The Bertz CT molecular complexity index is 628. The van der Waals surface area contributed by atoms with Crippen LogP contribution in [0.5, 0.6) is 5.75 Å². The Hall–Kier alpha value is -2.01. The van der Waals surface area contributed by atoms with E-state index in [2.05, 4.69) is 15.9 Å². The number of esters is 1. The quantitative estimate of drug-likeness (QED) is 0.687. The van der Waals surface area contributed by atoms with Crippen molar-refractivity contribution in [2.75, 3.05) is 12.8 Å². The molecule has 0 radical (unpaired) electrons. The standard InChI is InChI=1S/C15H14BrNO3/c1-19-11-6-7-14(17)12(8-11)15(18)20-9-10-4-2-3-5-13(10)16/h2-8H,9,17H2,1H3. The molecule has 2 aromatic rings. The van der Waals surface area contributed by atoms with Crippen LogP contribution in [0.25, 0.3) is 0 Å². The number of carbonyl (C=O) groups is 1. The van der Waals surface area contributed by atoms with E-state index in [4.69, 9.17) is 15.2 Å². The van der Waals surface area contributed by atoms with E-state index >= 15 is 0 Å². The summed E-state index contributed by atoms with van der Waals surface area (Å²) in [5.41, 5.74) is 7.34. The van der Waals surface area contributed by atoms with Crippen LogP contribution in [-0.2, 0) is 11.3 Å². The first-order valence-electron chi connectivity index (χ1n) is 5.96. The van der Waals surface area contributed by atoms with Crippen LogP contribution in [-0.4, -0.2) is 13.1 Å². The maximum absolute atomic E-state index is 12.0. The number of nitrogen functional groups attached to an aromatic ring is 1. The molecule has 0 unspecified atom stereocenters. The Kier molecular flexibility index (Phi) is 4.63. The number of halogens is 1. The van der Waals surface area contributed by atoms with Crippen molar-refractivity contribution >= 4 is 27.6 Å². The van der Waals surface area contributed by atoms with Crippen molar-refractivity contribution in [2.24, 2.45) is 0 Å². The van der Waals surface area contributed by atoms with E-state index in [-0.39, 0.29) is 6.61 Å². The molecule has 0 spiro atoms. The summed E-state index contributed by atoms with van der Waals surface area (Å²) >= 11 is 3.40. The lowest BCUT2D eigenvalue weighted by molar-refractivity contribution is 0.0473. The van der Waals surface area contributed by atoms with E-state index in [0.29, 0.717) is 17.0 Å². The van der Waals surface area contributed by atoms with Gasteiger partial charge in [-0.25, -0.2) is 4.79 Å². The number of hydrogen-bond acceptors (Lipinski definition) is 4. The molecule has 0 atom stereocenters. The molecule has 4 nitrogen and oxygen atoms in total. The zero-order valence-electron chi connectivity index (χ0n) is 10.9. The molecule has 2 aromatic carbocycles. The molecule has 0 bridgehead atoms. The van der Waals surface area contributed by atoms with Crippen LogP contribution in [0, 0.1) is 0 Å². The average molecular weight is 336 g/mol. The van der Waals surface area contributed by atoms with Gasteiger partial charge < -0.3 is 15.2 Å². The van der Waals surface area contributed by atoms with Gasteiger partial charge in [0.25, 0.3) is 0 Å². The highest BCUT2D eigenvalue weighted by Gasteiger charge is 2.13. The van der Waals surface area contributed by atoms with Gasteiger partial charge in [0.05, 0.1) is 12.7 Å². The van der Waals surface area contributed by atoms with E-state index < -0.39 is 5.97 Å². The van der Waals surface area contributed by atoms with Gasteiger partial charge in [0.2, 0.25) is 0 Å². The first kappa shape index (κ1) is 14.4. The third-order valence-corrected chi connectivity index (χ3v) is 3.57. The van der Waals surface area contributed by atoms with E-state index in [1.54, 1.807) is 18.2 Å². The highest BCUT2D eigenvalue weighted by atomic mass is 79.9. The lowest BCUT2D eigenvalue weighted by Crippen LogP contribution is -2.08. The number of ether oxygens (including phenoxy) is 2. The van der Waals surface area contributed by atoms with E-state index in [1.165, 1.54) is 7.11 Å². The first-order chi connectivity index (χ1) is 9.61. The van der Waals surface area contributed by atoms with Crippen LogP contribution in [0.1, 0.15) is 15.9 Å². The molecule has 0 saturated heterocycles. The molecule has 0 saturated carbocycles. The van der Waals surface area contributed by atoms with Crippen LogP contribution in [0.3, 0.4) is 0 Å². The molecule has 20 heavy (non-hydrogen) atoms. The lowest BCUT2D eigenvalue weighted by atomic mass is 10.1. The second-order valence-electron chi connectivity index (χ2n) is 4.12. The minimum absolute atomic E-state index is 0.177. The Morgan fingerprint density at radius 1 is 1.25 bits per heavy atom. The Morgan fingerprint density at radius 2 is 2.00 bits per heavy atom. The zero-order valence-corrected chi connectivity index (χ0v) is 12.5. The second-order valence-corrected chi connectivity index (χ2v) is 4.98. The fourth-order valence-corrected chi connectivity index (χ4v) is 2.07. The number of carbonyl (C=O) groups excluding carboxylic acids is 1. The Balaban J connectivity index is 2.11. The summed E-state index contributed by atoms with van der Waals surface area (Å²) in [5.74, 6) is 0.0872. The van der Waals surface area contributed by atoms with Crippen molar-refractivity contribution in [1.82, 2.24) is 0 Å². The number of hydrogen-bond donors (Lipinski definition) is 1. The molecule has 104 valence electrons. The first-order valence-corrected chi connectivity index (χ1v) is 6.75. The second kappa shape index (κ2) is 6.43. The molecular formula is C15H14BrNO3. The van der Waals surface area contributed by atoms with Crippen molar-refractivity contribution in [3.05, 3.63) is 58.1 Å². The molecule has 0 fully saturated rings. The summed E-state index contributed by atoms with van der Waals surface area (Å²) in [7, 11) is 1.53. The predicted molar refractivity (Wildman–Crippen MR) is 80.7 cm³/mol. The maximum atomic E-state index is 12.0. The third kappa shape index (κ3) is 3.30. The fourth-order valence-electron chi connectivity index (χ4n) is 1.68. The molecule has 0 aliphatic heterocycles. The Morgan fingerprint density at radius 3 is 2.70 bits per heavy atom. The molecule has 0 heterocycles. The highest BCUT2D eigenvalue weighted by molar-refractivity contribution is 9.10. The van der Waals surface area contributed by atoms with Crippen molar-refractivity contribution in [2.45, 2.75) is 6.61 Å². The van der Waals surface area contributed by atoms with Crippen LogP contribution < -0.4 is 10.5 Å². The monoisotopic (exact) mass is 335 g/mol. The van der Waals surface area contributed by atoms with Crippen LogP contribution >= 0.6 is 15.9 Å². The SMILES string of the molecule is COc1ccc(N)c(C(=O)OCc2ccccc2Br)c1. The third-order valence-electron chi connectivity index (χ3n) is 2.80. The molecule has 0 aliphatic carbocycles. The van der Waals surface area contributed by atoms with E-state index in [9.17, 15) is 4.79 Å². The molecule has 2 N–H and O–H groups in total. The summed E-state index contributed by atoms with van der Waals surface area (Å²) < 4.78 is 11.2. The molecule has 0 aromatic heterocycles. The molecule has 5 heteroatoms. The predicted octanol–water partition coefficient (Wildman–Crippen LogP) is 3.40. The largest absolute Gasteiger partial charge is 0.497 e. The summed E-state index contributed by atoms with van der Waals surface area (Å²) in [6.07, 6.45) is 0. The van der Waals surface area contributed by atoms with E-state index in [0.717, 1.165) is 10.0 Å². The van der Waals surface area contributed by atoms with E-state index in [1.807, 2.05) is 24.3 Å². The van der Waals surface area contributed by atoms with Gasteiger partial charge >= 0.3 is 5.97 Å². The summed E-state index contributed by atoms with van der Waals surface area (Å²) in [6, 6.07) is 12.4. The average Bonchev–Trinajstić information content (AvgIpc) is 2.46. The number of methoxy groups -OCH3 is 1. The molecule has 2 rings (SSSR count). The van der Waals surface area contributed by atoms with Gasteiger partial charge in [-0.3, -0.25) is 0 Å². The topological polar surface area (TPSA) is 61.5 Å². The van der Waals surface area contributed by atoms with Crippen LogP contribution in [0.4, 0.5) is 5.69 Å². The Labute approximate surface area is 125 Å². The minimum Gasteiger partial charge on any atom is -0.497 e. The van der Waals surface area contributed by atoms with Crippen LogP contribution in [0.2, 0.25) is 0 Å². The number of nitrogens with two attached hydrogens (primary N) is 1. The van der Waals surface area contributed by atoms with Crippen LogP contribution in [0.15, 0.2) is 46.9 Å². The van der Waals surface area contributed by atoms with Gasteiger partial charge in [-0.15, -0.1) is 0 Å². The maximum Gasteiger partial charge on any atom is 0.340 e. The van der Waals surface area contributed by atoms with Crippen molar-refractivity contribution in [3.63, 3.8) is 0 Å². The smallest absolute Gasteiger partial charge is 0.340 e. The lowest BCUT2D eigenvalue weighted by Gasteiger charge is -2.09. The summed E-state index contributed by atoms with van der Waals surface area (Å²) in [4.78, 5) is 12.0. The molecule has 0 amide bonds. The van der Waals surface area contributed by atoms with Gasteiger partial charge in [-0.1, -0.05) is 34.1 Å². The summed E-state index contributed by atoms with van der Waals surface area (Å²) in [5, 5.41) is 0.